The van der Waals surface area contributed by atoms with Crippen LogP contribution in [0.25, 0.3) is 0 Å². The zero-order valence-corrected chi connectivity index (χ0v) is 17.7. The summed E-state index contributed by atoms with van der Waals surface area (Å²) >= 11 is 0. The number of carbonyl (C=O) groups excluding carboxylic acids is 1. The molecule has 28 heavy (non-hydrogen) atoms. The second-order valence-corrected chi connectivity index (χ2v) is 9.88. The van der Waals surface area contributed by atoms with E-state index in [1.807, 2.05) is 11.8 Å². The van der Waals surface area contributed by atoms with Crippen LogP contribution in [0.1, 0.15) is 40.0 Å². The smallest absolute Gasteiger partial charge is 0.243 e. The quantitative estimate of drug-likeness (QED) is 0.763. The molecular weight excluding hydrogens is 381 g/mol. The van der Waals surface area contributed by atoms with E-state index in [2.05, 4.69) is 18.7 Å². The lowest BCUT2D eigenvalue weighted by atomic mass is 9.96. The Hall–Kier alpha value is -1.51. The highest BCUT2D eigenvalue weighted by molar-refractivity contribution is 7.89. The van der Waals surface area contributed by atoms with Crippen molar-refractivity contribution in [3.05, 3.63) is 30.1 Å². The van der Waals surface area contributed by atoms with Crippen molar-refractivity contribution < 1.29 is 17.6 Å². The molecule has 0 radical (unpaired) electrons. The van der Waals surface area contributed by atoms with Gasteiger partial charge in [0.1, 0.15) is 5.82 Å². The number of piperazine rings is 1. The van der Waals surface area contributed by atoms with Gasteiger partial charge in [0, 0.05) is 38.3 Å². The number of halogens is 1. The van der Waals surface area contributed by atoms with Crippen molar-refractivity contribution >= 4 is 15.9 Å². The Kier molecular flexibility index (Phi) is 6.41. The van der Waals surface area contributed by atoms with Crippen molar-refractivity contribution in [3.8, 4) is 0 Å². The molecule has 1 aromatic rings. The number of piperidine rings is 1. The fourth-order valence-corrected chi connectivity index (χ4v) is 5.74. The summed E-state index contributed by atoms with van der Waals surface area (Å²) in [5, 5.41) is 0. The van der Waals surface area contributed by atoms with E-state index in [0.717, 1.165) is 31.4 Å². The lowest BCUT2D eigenvalue weighted by molar-refractivity contribution is -0.143. The van der Waals surface area contributed by atoms with Crippen LogP contribution in [0.4, 0.5) is 4.39 Å². The van der Waals surface area contributed by atoms with Gasteiger partial charge in [-0.2, -0.15) is 4.31 Å². The molecule has 1 aromatic carbocycles. The standard InChI is InChI=1S/C20H30FN3O3S/c1-15-5-4-6-16(2)24(15)20(25)17(3)22-11-13-23(14-12-22)28(26,27)19-9-7-18(21)8-10-19/h7-10,15-17H,4-6,11-14H2,1-3H3/t15-,16-,17-/m1/s1. The zero-order chi connectivity index (χ0) is 20.5. The van der Waals surface area contributed by atoms with E-state index in [1.54, 1.807) is 0 Å². The summed E-state index contributed by atoms with van der Waals surface area (Å²) in [6, 6.07) is 5.14. The van der Waals surface area contributed by atoms with Gasteiger partial charge in [0.2, 0.25) is 15.9 Å². The maximum atomic E-state index is 13.1. The Morgan fingerprint density at radius 2 is 1.57 bits per heavy atom. The molecule has 8 heteroatoms. The topological polar surface area (TPSA) is 60.9 Å². The molecule has 1 amide bonds. The average Bonchev–Trinajstić information content (AvgIpc) is 2.67. The van der Waals surface area contributed by atoms with Crippen molar-refractivity contribution in [2.75, 3.05) is 26.2 Å². The molecule has 3 atom stereocenters. The molecule has 0 saturated carbocycles. The first kappa shape index (κ1) is 21.2. The minimum Gasteiger partial charge on any atom is -0.336 e. The summed E-state index contributed by atoms with van der Waals surface area (Å²) in [6.45, 7) is 7.78. The van der Waals surface area contributed by atoms with Crippen LogP contribution < -0.4 is 0 Å². The number of sulfonamides is 1. The molecule has 2 aliphatic heterocycles. The van der Waals surface area contributed by atoms with Gasteiger partial charge in [-0.05, 0) is 64.3 Å². The maximum Gasteiger partial charge on any atom is 0.243 e. The van der Waals surface area contributed by atoms with Crippen molar-refractivity contribution in [2.24, 2.45) is 0 Å². The van der Waals surface area contributed by atoms with E-state index >= 15 is 0 Å². The van der Waals surface area contributed by atoms with Gasteiger partial charge in [0.05, 0.1) is 10.9 Å². The van der Waals surface area contributed by atoms with E-state index in [4.69, 9.17) is 0 Å². The molecule has 2 heterocycles. The molecule has 0 bridgehead atoms. The fourth-order valence-electron chi connectivity index (χ4n) is 4.31. The molecular formula is C20H30FN3O3S. The number of rotatable bonds is 4. The summed E-state index contributed by atoms with van der Waals surface area (Å²) in [5.41, 5.74) is 0. The average molecular weight is 412 g/mol. The molecule has 0 aliphatic carbocycles. The third kappa shape index (κ3) is 4.23. The second-order valence-electron chi connectivity index (χ2n) is 7.94. The van der Waals surface area contributed by atoms with E-state index in [0.29, 0.717) is 26.2 Å². The number of nitrogens with zero attached hydrogens (tertiary/aromatic N) is 3. The van der Waals surface area contributed by atoms with Gasteiger partial charge in [-0.1, -0.05) is 0 Å². The number of amides is 1. The van der Waals surface area contributed by atoms with E-state index < -0.39 is 15.8 Å². The Balaban J connectivity index is 1.63. The van der Waals surface area contributed by atoms with Crippen molar-refractivity contribution in [3.63, 3.8) is 0 Å². The fraction of sp³-hybridized carbons (Fsp3) is 0.650. The number of likely N-dealkylation sites (tertiary alicyclic amines) is 1. The molecule has 6 nitrogen and oxygen atoms in total. The Morgan fingerprint density at radius 3 is 2.11 bits per heavy atom. The highest BCUT2D eigenvalue weighted by Gasteiger charge is 2.36. The van der Waals surface area contributed by atoms with Gasteiger partial charge in [-0.25, -0.2) is 12.8 Å². The third-order valence-corrected chi connectivity index (χ3v) is 7.99. The number of carbonyl (C=O) groups is 1. The van der Waals surface area contributed by atoms with Gasteiger partial charge >= 0.3 is 0 Å². The van der Waals surface area contributed by atoms with Gasteiger partial charge in [0.25, 0.3) is 0 Å². The van der Waals surface area contributed by atoms with Crippen LogP contribution in [0.2, 0.25) is 0 Å². The number of hydrogen-bond donors (Lipinski definition) is 0. The van der Waals surface area contributed by atoms with Crippen molar-refractivity contribution in [1.29, 1.82) is 0 Å². The lowest BCUT2D eigenvalue weighted by Gasteiger charge is -2.43. The normalized spacial score (nSPS) is 26.2. The highest BCUT2D eigenvalue weighted by atomic mass is 32.2. The van der Waals surface area contributed by atoms with Gasteiger partial charge < -0.3 is 4.90 Å². The van der Waals surface area contributed by atoms with Crippen LogP contribution in [0.3, 0.4) is 0 Å². The predicted molar refractivity (Wildman–Crippen MR) is 106 cm³/mol. The third-order valence-electron chi connectivity index (χ3n) is 6.08. The first-order chi connectivity index (χ1) is 13.2. The molecule has 3 rings (SSSR count). The van der Waals surface area contributed by atoms with Crippen LogP contribution >= 0.6 is 0 Å². The van der Waals surface area contributed by atoms with Crippen LogP contribution in [0.5, 0.6) is 0 Å². The molecule has 0 aromatic heterocycles. The maximum absolute atomic E-state index is 13.1. The van der Waals surface area contributed by atoms with Crippen LogP contribution in [-0.2, 0) is 14.8 Å². The Bertz CT molecular complexity index is 781. The van der Waals surface area contributed by atoms with Crippen LogP contribution in [-0.4, -0.2) is 72.7 Å². The summed E-state index contributed by atoms with van der Waals surface area (Å²) in [4.78, 5) is 17.2. The first-order valence-electron chi connectivity index (χ1n) is 10.0. The van der Waals surface area contributed by atoms with Gasteiger partial charge in [0.15, 0.2) is 0 Å². The monoisotopic (exact) mass is 411 g/mol. The van der Waals surface area contributed by atoms with Gasteiger partial charge in [-0.3, -0.25) is 9.69 Å². The predicted octanol–water partition coefficient (Wildman–Crippen LogP) is 2.31. The Labute approximate surface area is 167 Å². The molecule has 2 aliphatic rings. The molecule has 2 saturated heterocycles. The van der Waals surface area contributed by atoms with Crippen LogP contribution in [0, 0.1) is 5.82 Å². The molecule has 2 fully saturated rings. The van der Waals surface area contributed by atoms with Crippen molar-refractivity contribution in [2.45, 2.75) is 63.1 Å². The largest absolute Gasteiger partial charge is 0.336 e. The highest BCUT2D eigenvalue weighted by Crippen LogP contribution is 2.25. The molecule has 0 spiro atoms. The summed E-state index contributed by atoms with van der Waals surface area (Å²) < 4.78 is 40.0. The van der Waals surface area contributed by atoms with Crippen molar-refractivity contribution in [1.82, 2.24) is 14.1 Å². The zero-order valence-electron chi connectivity index (χ0n) is 16.8. The number of benzene rings is 1. The second kappa shape index (κ2) is 8.47. The molecule has 0 unspecified atom stereocenters. The summed E-state index contributed by atoms with van der Waals surface area (Å²) in [7, 11) is -3.64. The minimum absolute atomic E-state index is 0.0995. The summed E-state index contributed by atoms with van der Waals surface area (Å²) in [6.07, 6.45) is 3.22. The van der Waals surface area contributed by atoms with E-state index in [-0.39, 0.29) is 28.9 Å². The SMILES string of the molecule is C[C@H](C(=O)N1[C@H](C)CCC[C@H]1C)N1CCN(S(=O)(=O)c2ccc(F)cc2)CC1. The Morgan fingerprint density at radius 1 is 1.04 bits per heavy atom. The summed E-state index contributed by atoms with van der Waals surface area (Å²) in [5.74, 6) is -0.327. The van der Waals surface area contributed by atoms with E-state index in [9.17, 15) is 17.6 Å². The minimum atomic E-state index is -3.64. The lowest BCUT2D eigenvalue weighted by Crippen LogP contribution is -2.58. The van der Waals surface area contributed by atoms with Crippen LogP contribution in [0.15, 0.2) is 29.2 Å². The van der Waals surface area contributed by atoms with E-state index in [1.165, 1.54) is 16.4 Å². The van der Waals surface area contributed by atoms with Gasteiger partial charge in [-0.15, -0.1) is 0 Å². The number of hydrogen-bond acceptors (Lipinski definition) is 4. The molecule has 156 valence electrons. The first-order valence-corrected chi connectivity index (χ1v) is 11.5. The molecule has 0 N–H and O–H groups in total.